The molecule has 1 aromatic heterocycles. The maximum absolute atomic E-state index is 13.2. The Morgan fingerprint density at radius 1 is 1.17 bits per heavy atom. The number of carbonyl (C=O) groups excluding carboxylic acids is 1. The third-order valence-corrected chi connectivity index (χ3v) is 5.10. The summed E-state index contributed by atoms with van der Waals surface area (Å²) in [5, 5.41) is 6.58. The van der Waals surface area contributed by atoms with Gasteiger partial charge in [0.2, 0.25) is 5.95 Å². The zero-order chi connectivity index (χ0) is 20.9. The summed E-state index contributed by atoms with van der Waals surface area (Å²) in [5.74, 6) is -0.474. The van der Waals surface area contributed by atoms with Crippen LogP contribution in [-0.2, 0) is 11.0 Å². The fraction of sp³-hybridized carbons (Fsp3) is 0.421. The number of anilines is 1. The van der Waals surface area contributed by atoms with E-state index in [1.807, 2.05) is 6.92 Å². The minimum Gasteiger partial charge on any atom is -0.493 e. The highest BCUT2D eigenvalue weighted by molar-refractivity contribution is 5.99. The molecule has 2 unspecified atom stereocenters. The SMILES string of the molecule is COc1ccc(C2C3=C(CC(C)CC3=O)Nc3nc(C(F)(F)F)nn32)cc1OC. The zero-order valence-electron chi connectivity index (χ0n) is 16.0. The van der Waals surface area contributed by atoms with Crippen LogP contribution in [-0.4, -0.2) is 34.8 Å². The van der Waals surface area contributed by atoms with E-state index in [-0.39, 0.29) is 17.6 Å². The Balaban J connectivity index is 1.91. The Bertz CT molecular complexity index is 1010. The van der Waals surface area contributed by atoms with Crippen molar-refractivity contribution in [1.82, 2.24) is 14.8 Å². The Hall–Kier alpha value is -3.04. The van der Waals surface area contributed by atoms with E-state index in [4.69, 9.17) is 9.47 Å². The minimum absolute atomic E-state index is 0.0437. The summed E-state index contributed by atoms with van der Waals surface area (Å²) in [7, 11) is 2.95. The average molecular weight is 408 g/mol. The van der Waals surface area contributed by atoms with E-state index in [1.54, 1.807) is 18.2 Å². The first-order chi connectivity index (χ1) is 13.7. The molecule has 2 heterocycles. The maximum atomic E-state index is 13.2. The Labute approximate surface area is 164 Å². The van der Waals surface area contributed by atoms with Gasteiger partial charge in [-0.3, -0.25) is 4.79 Å². The van der Waals surface area contributed by atoms with Crippen LogP contribution in [0.15, 0.2) is 29.5 Å². The number of methoxy groups -OCH3 is 2. The molecule has 0 fully saturated rings. The van der Waals surface area contributed by atoms with Crippen LogP contribution in [0.4, 0.5) is 19.1 Å². The van der Waals surface area contributed by atoms with Crippen molar-refractivity contribution in [3.63, 3.8) is 0 Å². The molecule has 0 spiro atoms. The zero-order valence-corrected chi connectivity index (χ0v) is 16.0. The number of carbonyl (C=O) groups is 1. The highest BCUT2D eigenvalue weighted by Gasteiger charge is 2.43. The lowest BCUT2D eigenvalue weighted by molar-refractivity contribution is -0.145. The molecule has 1 N–H and O–H groups in total. The standard InChI is InChI=1S/C19H19F3N4O3/c1-9-6-11-15(12(27)7-9)16(10-4-5-13(28-2)14(8-10)29-3)26-18(23-11)24-17(25-26)19(20,21)22/h4-5,8-9,16H,6-7H2,1-3H3,(H,23,24,25). The molecule has 1 aliphatic carbocycles. The van der Waals surface area contributed by atoms with Crippen molar-refractivity contribution < 1.29 is 27.4 Å². The number of alkyl halides is 3. The quantitative estimate of drug-likeness (QED) is 0.837. The summed E-state index contributed by atoms with van der Waals surface area (Å²) < 4.78 is 51.4. The number of ether oxygens (including phenoxy) is 2. The molecule has 154 valence electrons. The maximum Gasteiger partial charge on any atom is 0.453 e. The Morgan fingerprint density at radius 3 is 2.55 bits per heavy atom. The van der Waals surface area contributed by atoms with Gasteiger partial charge in [0.15, 0.2) is 17.3 Å². The highest BCUT2D eigenvalue weighted by atomic mass is 19.4. The fourth-order valence-corrected chi connectivity index (χ4v) is 3.86. The minimum atomic E-state index is -4.70. The number of hydrogen-bond donors (Lipinski definition) is 1. The van der Waals surface area contributed by atoms with Crippen LogP contribution in [0.2, 0.25) is 0 Å². The summed E-state index contributed by atoms with van der Waals surface area (Å²) in [6.45, 7) is 1.93. The predicted octanol–water partition coefficient (Wildman–Crippen LogP) is 3.58. The number of fused-ring (bicyclic) bond motifs is 1. The van der Waals surface area contributed by atoms with Crippen LogP contribution < -0.4 is 14.8 Å². The first kappa shape index (κ1) is 19.3. The summed E-state index contributed by atoms with van der Waals surface area (Å²) >= 11 is 0. The Kier molecular flexibility index (Phi) is 4.51. The van der Waals surface area contributed by atoms with E-state index in [0.29, 0.717) is 41.2 Å². The van der Waals surface area contributed by atoms with Crippen molar-refractivity contribution in [3.05, 3.63) is 40.9 Å². The number of benzene rings is 1. The van der Waals surface area contributed by atoms with Crippen molar-refractivity contribution in [2.75, 3.05) is 19.5 Å². The van der Waals surface area contributed by atoms with Gasteiger partial charge < -0.3 is 14.8 Å². The first-order valence-corrected chi connectivity index (χ1v) is 9.01. The van der Waals surface area contributed by atoms with E-state index in [1.165, 1.54) is 14.2 Å². The van der Waals surface area contributed by atoms with E-state index in [9.17, 15) is 18.0 Å². The number of ketones is 1. The summed E-state index contributed by atoms with van der Waals surface area (Å²) in [4.78, 5) is 16.5. The molecule has 4 rings (SSSR count). The summed E-state index contributed by atoms with van der Waals surface area (Å²) in [6.07, 6.45) is -3.84. The number of nitrogens with one attached hydrogen (secondary N) is 1. The Morgan fingerprint density at radius 2 is 1.90 bits per heavy atom. The lowest BCUT2D eigenvalue weighted by atomic mass is 9.81. The average Bonchev–Trinajstić information content (AvgIpc) is 3.09. The van der Waals surface area contributed by atoms with Gasteiger partial charge in [-0.1, -0.05) is 13.0 Å². The second-order valence-corrected chi connectivity index (χ2v) is 7.17. The number of hydrogen-bond acceptors (Lipinski definition) is 6. The van der Waals surface area contributed by atoms with Gasteiger partial charge >= 0.3 is 6.18 Å². The molecule has 29 heavy (non-hydrogen) atoms. The van der Waals surface area contributed by atoms with Crippen molar-refractivity contribution in [1.29, 1.82) is 0 Å². The molecule has 0 saturated carbocycles. The molecule has 1 aromatic carbocycles. The van der Waals surface area contributed by atoms with Crippen LogP contribution in [0.25, 0.3) is 0 Å². The van der Waals surface area contributed by atoms with E-state index in [2.05, 4.69) is 15.4 Å². The van der Waals surface area contributed by atoms with Gasteiger partial charge in [0.05, 0.1) is 14.2 Å². The molecule has 0 bridgehead atoms. The second kappa shape index (κ2) is 6.78. The van der Waals surface area contributed by atoms with E-state index < -0.39 is 18.0 Å². The molecule has 0 saturated heterocycles. The smallest absolute Gasteiger partial charge is 0.453 e. The van der Waals surface area contributed by atoms with Crippen LogP contribution in [0, 0.1) is 5.92 Å². The molecule has 0 amide bonds. The lowest BCUT2D eigenvalue weighted by Gasteiger charge is -2.34. The van der Waals surface area contributed by atoms with E-state index >= 15 is 0 Å². The van der Waals surface area contributed by atoms with E-state index in [0.717, 1.165) is 4.68 Å². The fourth-order valence-electron chi connectivity index (χ4n) is 3.86. The molecule has 2 aliphatic rings. The third-order valence-electron chi connectivity index (χ3n) is 5.10. The van der Waals surface area contributed by atoms with Gasteiger partial charge in [0.25, 0.3) is 5.82 Å². The number of nitrogens with zero attached hydrogens (tertiary/aromatic N) is 3. The molecule has 2 atom stereocenters. The largest absolute Gasteiger partial charge is 0.493 e. The van der Waals surface area contributed by atoms with Crippen LogP contribution >= 0.6 is 0 Å². The number of halogens is 3. The number of aromatic nitrogens is 3. The van der Waals surface area contributed by atoms with Gasteiger partial charge in [-0.05, 0) is 30.0 Å². The van der Waals surface area contributed by atoms with Crippen LogP contribution in [0.5, 0.6) is 11.5 Å². The number of Topliss-reactive ketones (excluding diaryl/α,β-unsaturated/α-hetero) is 1. The lowest BCUT2D eigenvalue weighted by Crippen LogP contribution is -2.33. The second-order valence-electron chi connectivity index (χ2n) is 7.17. The normalized spacial score (nSPS) is 21.4. The summed E-state index contributed by atoms with van der Waals surface area (Å²) in [6, 6.07) is 4.13. The van der Waals surface area contributed by atoms with Gasteiger partial charge in [0, 0.05) is 17.7 Å². The molecule has 0 radical (unpaired) electrons. The number of rotatable bonds is 3. The van der Waals surface area contributed by atoms with Gasteiger partial charge in [-0.15, -0.1) is 5.10 Å². The van der Waals surface area contributed by atoms with Crippen LogP contribution in [0.1, 0.15) is 37.2 Å². The predicted molar refractivity (Wildman–Crippen MR) is 96.8 cm³/mol. The van der Waals surface area contributed by atoms with Crippen molar-refractivity contribution in [2.45, 2.75) is 32.0 Å². The molecule has 10 heteroatoms. The van der Waals surface area contributed by atoms with Gasteiger partial charge in [-0.2, -0.15) is 18.2 Å². The molecule has 7 nitrogen and oxygen atoms in total. The van der Waals surface area contributed by atoms with Crippen molar-refractivity contribution >= 4 is 11.7 Å². The van der Waals surface area contributed by atoms with Crippen molar-refractivity contribution in [2.24, 2.45) is 5.92 Å². The topological polar surface area (TPSA) is 78.3 Å². The van der Waals surface area contributed by atoms with Gasteiger partial charge in [0.1, 0.15) is 6.04 Å². The number of allylic oxidation sites excluding steroid dienone is 2. The highest BCUT2D eigenvalue weighted by Crippen LogP contribution is 2.43. The molecule has 2 aromatic rings. The third kappa shape index (κ3) is 3.22. The van der Waals surface area contributed by atoms with Crippen molar-refractivity contribution in [3.8, 4) is 11.5 Å². The molecular formula is C19H19F3N4O3. The monoisotopic (exact) mass is 408 g/mol. The van der Waals surface area contributed by atoms with Gasteiger partial charge in [-0.25, -0.2) is 4.68 Å². The summed E-state index contributed by atoms with van der Waals surface area (Å²) in [5.41, 5.74) is 1.54. The molecule has 1 aliphatic heterocycles. The first-order valence-electron chi connectivity index (χ1n) is 9.01. The molecular weight excluding hydrogens is 389 g/mol. The van der Waals surface area contributed by atoms with Crippen LogP contribution in [0.3, 0.4) is 0 Å².